The number of thiazole rings is 1. The zero-order chi connectivity index (χ0) is 24.1. The summed E-state index contributed by atoms with van der Waals surface area (Å²) < 4.78 is 21.3. The van der Waals surface area contributed by atoms with Crippen LogP contribution in [0.3, 0.4) is 0 Å². The van der Waals surface area contributed by atoms with E-state index in [1.807, 2.05) is 17.5 Å². The Labute approximate surface area is 201 Å². The molecule has 0 saturated heterocycles. The number of nitrogens with zero attached hydrogens (tertiary/aromatic N) is 2. The van der Waals surface area contributed by atoms with Gasteiger partial charge in [0, 0.05) is 30.5 Å². The lowest BCUT2D eigenvalue weighted by Gasteiger charge is -2.29. The maximum atomic E-state index is 12.9. The average Bonchev–Trinajstić information content (AvgIpc) is 3.33. The molecule has 2 aromatic carbocycles. The molecule has 1 aliphatic rings. The van der Waals surface area contributed by atoms with Crippen molar-refractivity contribution in [3.8, 4) is 28.5 Å². The van der Waals surface area contributed by atoms with E-state index in [1.54, 1.807) is 42.7 Å². The van der Waals surface area contributed by atoms with Gasteiger partial charge in [-0.15, -0.1) is 11.3 Å². The molecule has 1 aromatic heterocycles. The molecule has 3 aromatic rings. The van der Waals surface area contributed by atoms with Crippen molar-refractivity contribution >= 4 is 34.5 Å². The van der Waals surface area contributed by atoms with Crippen LogP contribution in [0.25, 0.3) is 11.3 Å². The molecule has 0 aliphatic carbocycles. The van der Waals surface area contributed by atoms with Gasteiger partial charge in [-0.25, -0.2) is 4.98 Å². The minimum atomic E-state index is -0.381. The largest absolute Gasteiger partial charge is 0.497 e. The Bertz CT molecular complexity index is 1200. The number of carbonyl (C=O) groups excluding carboxylic acids is 2. The van der Waals surface area contributed by atoms with Gasteiger partial charge in [0.15, 0.2) is 6.61 Å². The highest BCUT2D eigenvalue weighted by atomic mass is 32.1. The number of ether oxygens (including phenoxy) is 4. The minimum Gasteiger partial charge on any atom is -0.497 e. The quantitative estimate of drug-likeness (QED) is 0.498. The second-order valence-corrected chi connectivity index (χ2v) is 8.38. The Morgan fingerprint density at radius 2 is 2.03 bits per heavy atom. The van der Waals surface area contributed by atoms with Crippen molar-refractivity contribution < 1.29 is 28.5 Å². The molecule has 0 saturated carbocycles. The molecule has 9 nitrogen and oxygen atoms in total. The van der Waals surface area contributed by atoms with E-state index in [4.69, 9.17) is 18.9 Å². The highest BCUT2D eigenvalue weighted by Gasteiger charge is 2.28. The molecule has 0 spiro atoms. The van der Waals surface area contributed by atoms with Crippen LogP contribution in [0.1, 0.15) is 5.01 Å². The molecule has 10 heteroatoms. The zero-order valence-electron chi connectivity index (χ0n) is 19.1. The van der Waals surface area contributed by atoms with Crippen molar-refractivity contribution in [3.63, 3.8) is 0 Å². The van der Waals surface area contributed by atoms with E-state index in [0.717, 1.165) is 22.7 Å². The SMILES string of the molecule is COCCc1nc(-c2ccc3c(c2)N(CC(=O)Nc2cc(OC)ccc2OC)C(=O)CO3)cs1. The number of hydrogen-bond acceptors (Lipinski definition) is 8. The molecule has 0 unspecified atom stereocenters. The fourth-order valence-electron chi connectivity index (χ4n) is 3.53. The van der Waals surface area contributed by atoms with E-state index in [2.05, 4.69) is 10.3 Å². The average molecular weight is 484 g/mol. The summed E-state index contributed by atoms with van der Waals surface area (Å²) in [5.41, 5.74) is 2.60. The fraction of sp³-hybridized carbons (Fsp3) is 0.292. The van der Waals surface area contributed by atoms with E-state index in [-0.39, 0.29) is 25.0 Å². The zero-order valence-corrected chi connectivity index (χ0v) is 19.9. The number of benzene rings is 2. The van der Waals surface area contributed by atoms with Crippen LogP contribution in [0.15, 0.2) is 41.8 Å². The van der Waals surface area contributed by atoms with Crippen LogP contribution in [-0.4, -0.2) is 57.9 Å². The van der Waals surface area contributed by atoms with E-state index in [9.17, 15) is 9.59 Å². The van der Waals surface area contributed by atoms with Gasteiger partial charge in [-0.1, -0.05) is 0 Å². The summed E-state index contributed by atoms with van der Waals surface area (Å²) in [6.07, 6.45) is 0.730. The third kappa shape index (κ3) is 5.13. The van der Waals surface area contributed by atoms with Crippen molar-refractivity contribution in [1.29, 1.82) is 0 Å². The number of fused-ring (bicyclic) bond motifs is 1. The van der Waals surface area contributed by atoms with Crippen LogP contribution in [0.2, 0.25) is 0 Å². The lowest BCUT2D eigenvalue weighted by Crippen LogP contribution is -2.43. The number of hydrogen-bond donors (Lipinski definition) is 1. The van der Waals surface area contributed by atoms with Crippen LogP contribution in [0.5, 0.6) is 17.2 Å². The maximum Gasteiger partial charge on any atom is 0.265 e. The number of methoxy groups -OCH3 is 3. The van der Waals surface area contributed by atoms with Crippen molar-refractivity contribution in [2.24, 2.45) is 0 Å². The standard InChI is InChI=1S/C24H25N3O6S/c1-30-9-8-23-26-18(14-34-23)15-4-6-21-19(10-15)27(24(29)13-33-21)12-22(28)25-17-11-16(31-2)5-7-20(17)32-3/h4-7,10-11,14H,8-9,12-13H2,1-3H3,(H,25,28). The van der Waals surface area contributed by atoms with E-state index < -0.39 is 0 Å². The van der Waals surface area contributed by atoms with Gasteiger partial charge in [0.25, 0.3) is 5.91 Å². The van der Waals surface area contributed by atoms with Crippen molar-refractivity contribution in [1.82, 2.24) is 4.98 Å². The second kappa shape index (κ2) is 10.5. The molecule has 1 aliphatic heterocycles. The highest BCUT2D eigenvalue weighted by Crippen LogP contribution is 2.36. The third-order valence-electron chi connectivity index (χ3n) is 5.25. The van der Waals surface area contributed by atoms with Gasteiger partial charge in [-0.05, 0) is 30.3 Å². The molecule has 2 amide bonds. The Hall–Kier alpha value is -3.63. The molecule has 0 bridgehead atoms. The van der Waals surface area contributed by atoms with E-state index in [0.29, 0.717) is 35.2 Å². The van der Waals surface area contributed by atoms with Gasteiger partial charge >= 0.3 is 0 Å². The lowest BCUT2D eigenvalue weighted by atomic mass is 10.1. The normalized spacial score (nSPS) is 12.7. The number of amides is 2. The first-order valence-electron chi connectivity index (χ1n) is 10.5. The molecule has 1 N–H and O–H groups in total. The topological polar surface area (TPSA) is 99.2 Å². The fourth-order valence-corrected chi connectivity index (χ4v) is 4.32. The number of carbonyl (C=O) groups is 2. The highest BCUT2D eigenvalue weighted by molar-refractivity contribution is 7.09. The summed E-state index contributed by atoms with van der Waals surface area (Å²) in [4.78, 5) is 31.7. The van der Waals surface area contributed by atoms with Crippen LogP contribution in [-0.2, 0) is 20.7 Å². The number of aromatic nitrogens is 1. The predicted molar refractivity (Wildman–Crippen MR) is 129 cm³/mol. The number of anilines is 2. The molecule has 0 atom stereocenters. The van der Waals surface area contributed by atoms with Crippen molar-refractivity contribution in [2.45, 2.75) is 6.42 Å². The monoisotopic (exact) mass is 483 g/mol. The summed E-state index contributed by atoms with van der Waals surface area (Å²) >= 11 is 1.55. The van der Waals surface area contributed by atoms with Gasteiger partial charge in [0.2, 0.25) is 5.91 Å². The molecule has 4 rings (SSSR count). The van der Waals surface area contributed by atoms with Crippen LogP contribution < -0.4 is 24.4 Å². The molecular weight excluding hydrogens is 458 g/mol. The van der Waals surface area contributed by atoms with Crippen molar-refractivity contribution in [3.05, 3.63) is 46.8 Å². The molecular formula is C24H25N3O6S. The molecule has 178 valence electrons. The molecule has 0 fully saturated rings. The summed E-state index contributed by atoms with van der Waals surface area (Å²) in [6, 6.07) is 10.6. The van der Waals surface area contributed by atoms with Crippen LogP contribution in [0.4, 0.5) is 11.4 Å². The summed E-state index contributed by atoms with van der Waals surface area (Å²) in [7, 11) is 4.71. The number of rotatable bonds is 9. The first kappa shape index (κ1) is 23.5. The second-order valence-electron chi connectivity index (χ2n) is 7.43. The predicted octanol–water partition coefficient (Wildman–Crippen LogP) is 3.38. The summed E-state index contributed by atoms with van der Waals surface area (Å²) in [5.74, 6) is 0.898. The van der Waals surface area contributed by atoms with E-state index in [1.165, 1.54) is 19.1 Å². The smallest absolute Gasteiger partial charge is 0.265 e. The Balaban J connectivity index is 1.56. The van der Waals surface area contributed by atoms with Crippen LogP contribution in [0, 0.1) is 0 Å². The van der Waals surface area contributed by atoms with Gasteiger partial charge < -0.3 is 24.3 Å². The summed E-state index contributed by atoms with van der Waals surface area (Å²) in [5, 5.41) is 5.73. The van der Waals surface area contributed by atoms with Gasteiger partial charge in [-0.2, -0.15) is 0 Å². The van der Waals surface area contributed by atoms with Gasteiger partial charge in [-0.3, -0.25) is 14.5 Å². The lowest BCUT2D eigenvalue weighted by molar-refractivity contribution is -0.123. The Morgan fingerprint density at radius 1 is 1.18 bits per heavy atom. The maximum absolute atomic E-state index is 12.9. The Kier molecular flexibility index (Phi) is 7.29. The minimum absolute atomic E-state index is 0.139. The first-order chi connectivity index (χ1) is 16.5. The van der Waals surface area contributed by atoms with Crippen LogP contribution >= 0.6 is 11.3 Å². The first-order valence-corrected chi connectivity index (χ1v) is 11.4. The van der Waals surface area contributed by atoms with Crippen molar-refractivity contribution in [2.75, 3.05) is 51.3 Å². The van der Waals surface area contributed by atoms with Gasteiger partial charge in [0.1, 0.15) is 23.8 Å². The third-order valence-corrected chi connectivity index (χ3v) is 6.16. The molecule has 34 heavy (non-hydrogen) atoms. The van der Waals surface area contributed by atoms with Gasteiger partial charge in [0.05, 0.1) is 42.9 Å². The molecule has 2 heterocycles. The Morgan fingerprint density at radius 3 is 2.79 bits per heavy atom. The molecule has 0 radical (unpaired) electrons. The number of nitrogens with one attached hydrogen (secondary N) is 1. The van der Waals surface area contributed by atoms with E-state index >= 15 is 0 Å². The summed E-state index contributed by atoms with van der Waals surface area (Å²) in [6.45, 7) is 0.273.